The third-order valence-electron chi connectivity index (χ3n) is 5.09. The van der Waals surface area contributed by atoms with Gasteiger partial charge in [-0.05, 0) is 42.8 Å². The number of ether oxygens (including phenoxy) is 4. The Balaban J connectivity index is 1.48. The number of Topliss-reactive ketones (excluding diaryl/α,β-unsaturated/α-hetero) is 2. The zero-order valence-electron chi connectivity index (χ0n) is 18.0. The van der Waals surface area contributed by atoms with Crippen molar-refractivity contribution in [1.29, 1.82) is 0 Å². The van der Waals surface area contributed by atoms with Crippen LogP contribution >= 0.6 is 0 Å². The molecule has 0 amide bonds. The van der Waals surface area contributed by atoms with Gasteiger partial charge in [-0.1, -0.05) is 35.9 Å². The molecule has 3 aromatic carbocycles. The highest BCUT2D eigenvalue weighted by molar-refractivity contribution is 6.14. The van der Waals surface area contributed by atoms with E-state index in [9.17, 15) is 9.59 Å². The molecule has 1 aliphatic rings. The van der Waals surface area contributed by atoms with Crippen LogP contribution in [-0.2, 0) is 0 Å². The second kappa shape index (κ2) is 8.98. The van der Waals surface area contributed by atoms with E-state index in [1.54, 1.807) is 68.8 Å². The van der Waals surface area contributed by atoms with Crippen molar-refractivity contribution in [3.8, 4) is 23.0 Å². The summed E-state index contributed by atoms with van der Waals surface area (Å²) in [7, 11) is 3.11. The monoisotopic (exact) mass is 430 g/mol. The maximum absolute atomic E-state index is 12.7. The van der Waals surface area contributed by atoms with Crippen LogP contribution in [0.2, 0.25) is 0 Å². The van der Waals surface area contributed by atoms with E-state index >= 15 is 0 Å². The normalized spacial score (nSPS) is 13.5. The molecular formula is C26H22O6. The number of benzene rings is 3. The molecule has 3 aromatic rings. The second-order valence-corrected chi connectivity index (χ2v) is 7.29. The second-order valence-electron chi connectivity index (χ2n) is 7.29. The summed E-state index contributed by atoms with van der Waals surface area (Å²) in [6.45, 7) is 1.86. The lowest BCUT2D eigenvalue weighted by Crippen LogP contribution is -2.11. The van der Waals surface area contributed by atoms with Gasteiger partial charge in [0, 0.05) is 11.6 Å². The van der Waals surface area contributed by atoms with Gasteiger partial charge in [0.2, 0.25) is 5.78 Å². The number of carbonyl (C=O) groups is 2. The van der Waals surface area contributed by atoms with Crippen molar-refractivity contribution < 1.29 is 28.5 Å². The number of rotatable bonds is 7. The van der Waals surface area contributed by atoms with E-state index in [1.165, 1.54) is 0 Å². The Morgan fingerprint density at radius 3 is 2.41 bits per heavy atom. The van der Waals surface area contributed by atoms with Crippen LogP contribution in [0.4, 0.5) is 0 Å². The third-order valence-corrected chi connectivity index (χ3v) is 5.09. The van der Waals surface area contributed by atoms with E-state index in [4.69, 9.17) is 18.9 Å². The molecule has 6 heteroatoms. The van der Waals surface area contributed by atoms with E-state index in [0.717, 1.165) is 11.1 Å². The molecule has 0 aromatic heterocycles. The van der Waals surface area contributed by atoms with Gasteiger partial charge >= 0.3 is 0 Å². The quantitative estimate of drug-likeness (QED) is 0.393. The van der Waals surface area contributed by atoms with E-state index < -0.39 is 0 Å². The van der Waals surface area contributed by atoms with Crippen molar-refractivity contribution in [3.05, 3.63) is 88.7 Å². The molecule has 0 bridgehead atoms. The number of carbonyl (C=O) groups excluding carboxylic acids is 2. The number of ketones is 2. The number of methoxy groups -OCH3 is 2. The Bertz CT molecular complexity index is 1210. The van der Waals surface area contributed by atoms with Crippen molar-refractivity contribution in [2.24, 2.45) is 0 Å². The van der Waals surface area contributed by atoms with Crippen molar-refractivity contribution in [1.82, 2.24) is 0 Å². The molecule has 1 heterocycles. The molecule has 0 radical (unpaired) electrons. The molecule has 0 spiro atoms. The van der Waals surface area contributed by atoms with Crippen LogP contribution in [0, 0.1) is 6.92 Å². The summed E-state index contributed by atoms with van der Waals surface area (Å²) in [4.78, 5) is 25.1. The summed E-state index contributed by atoms with van der Waals surface area (Å²) in [6.07, 6.45) is 1.64. The average Bonchev–Trinajstić information content (AvgIpc) is 3.12. The maximum Gasteiger partial charge on any atom is 0.231 e. The minimum Gasteiger partial charge on any atom is -0.493 e. The standard InChI is InChI=1S/C26H22O6/c1-16-4-7-18(8-5-16)21(27)15-31-19-9-10-20-23(14-19)32-25(26(20)28)13-17-6-11-22(29-2)24(12-17)30-3/h4-14H,15H2,1-3H3/b25-13-. The van der Waals surface area contributed by atoms with Gasteiger partial charge < -0.3 is 18.9 Å². The first-order valence-corrected chi connectivity index (χ1v) is 10.0. The minimum atomic E-state index is -0.225. The summed E-state index contributed by atoms with van der Waals surface area (Å²) in [6, 6.07) is 17.5. The molecule has 6 nitrogen and oxygen atoms in total. The van der Waals surface area contributed by atoms with Crippen LogP contribution in [0.15, 0.2) is 66.4 Å². The van der Waals surface area contributed by atoms with E-state index in [1.807, 2.05) is 19.1 Å². The summed E-state index contributed by atoms with van der Waals surface area (Å²) in [5, 5.41) is 0. The molecule has 1 aliphatic heterocycles. The highest BCUT2D eigenvalue weighted by Crippen LogP contribution is 2.36. The van der Waals surface area contributed by atoms with Gasteiger partial charge in [-0.3, -0.25) is 9.59 Å². The first-order valence-electron chi connectivity index (χ1n) is 10.0. The van der Waals surface area contributed by atoms with Crippen LogP contribution in [0.1, 0.15) is 31.8 Å². The van der Waals surface area contributed by atoms with E-state index in [0.29, 0.717) is 34.1 Å². The predicted molar refractivity (Wildman–Crippen MR) is 120 cm³/mol. The lowest BCUT2D eigenvalue weighted by molar-refractivity contribution is 0.0921. The van der Waals surface area contributed by atoms with Gasteiger partial charge in [0.15, 0.2) is 29.6 Å². The van der Waals surface area contributed by atoms with Crippen LogP contribution in [0.5, 0.6) is 23.0 Å². The van der Waals surface area contributed by atoms with Gasteiger partial charge in [0.1, 0.15) is 11.5 Å². The molecule has 0 unspecified atom stereocenters. The molecule has 4 rings (SSSR count). The molecule has 0 atom stereocenters. The van der Waals surface area contributed by atoms with E-state index in [2.05, 4.69) is 0 Å². The number of aryl methyl sites for hydroxylation is 1. The van der Waals surface area contributed by atoms with Crippen molar-refractivity contribution in [2.75, 3.05) is 20.8 Å². The number of fused-ring (bicyclic) bond motifs is 1. The first-order chi connectivity index (χ1) is 15.5. The van der Waals surface area contributed by atoms with E-state index in [-0.39, 0.29) is 23.9 Å². The highest BCUT2D eigenvalue weighted by Gasteiger charge is 2.28. The lowest BCUT2D eigenvalue weighted by Gasteiger charge is -2.08. The smallest absolute Gasteiger partial charge is 0.231 e. The molecule has 32 heavy (non-hydrogen) atoms. The Kier molecular flexibility index (Phi) is 5.94. The number of hydrogen-bond donors (Lipinski definition) is 0. The van der Waals surface area contributed by atoms with Crippen LogP contribution in [0.25, 0.3) is 6.08 Å². The summed E-state index contributed by atoms with van der Waals surface area (Å²) in [5.74, 6) is 1.83. The topological polar surface area (TPSA) is 71.1 Å². The number of hydrogen-bond acceptors (Lipinski definition) is 6. The van der Waals surface area contributed by atoms with Gasteiger partial charge in [-0.25, -0.2) is 0 Å². The third kappa shape index (κ3) is 4.34. The fraction of sp³-hybridized carbons (Fsp3) is 0.154. The number of allylic oxidation sites excluding steroid dienone is 1. The van der Waals surface area contributed by atoms with Crippen molar-refractivity contribution in [2.45, 2.75) is 6.92 Å². The molecule has 162 valence electrons. The molecule has 0 N–H and O–H groups in total. The Morgan fingerprint density at radius 2 is 1.69 bits per heavy atom. The van der Waals surface area contributed by atoms with Crippen LogP contribution in [0.3, 0.4) is 0 Å². The summed E-state index contributed by atoms with van der Waals surface area (Å²) < 4.78 is 21.9. The zero-order valence-corrected chi connectivity index (χ0v) is 18.0. The van der Waals surface area contributed by atoms with Crippen LogP contribution in [-0.4, -0.2) is 32.4 Å². The Morgan fingerprint density at radius 1 is 0.938 bits per heavy atom. The van der Waals surface area contributed by atoms with Gasteiger partial charge in [0.25, 0.3) is 0 Å². The lowest BCUT2D eigenvalue weighted by atomic mass is 10.1. The van der Waals surface area contributed by atoms with Gasteiger partial charge in [0.05, 0.1) is 19.8 Å². The summed E-state index contributed by atoms with van der Waals surface area (Å²) >= 11 is 0. The van der Waals surface area contributed by atoms with Crippen molar-refractivity contribution >= 4 is 17.6 Å². The maximum atomic E-state index is 12.7. The Labute approximate surface area is 186 Å². The SMILES string of the molecule is COc1ccc(/C=C2\Oc3cc(OCC(=O)c4ccc(C)cc4)ccc3C2=O)cc1OC. The van der Waals surface area contributed by atoms with Gasteiger partial charge in [-0.15, -0.1) is 0 Å². The molecule has 0 saturated carbocycles. The molecule has 0 saturated heterocycles. The minimum absolute atomic E-state index is 0.107. The Hall–Kier alpha value is -4.06. The predicted octanol–water partition coefficient (Wildman–Crippen LogP) is 4.89. The fourth-order valence-corrected chi connectivity index (χ4v) is 3.32. The zero-order chi connectivity index (χ0) is 22.7. The largest absolute Gasteiger partial charge is 0.493 e. The van der Waals surface area contributed by atoms with Gasteiger partial charge in [-0.2, -0.15) is 0 Å². The molecular weight excluding hydrogens is 408 g/mol. The van der Waals surface area contributed by atoms with Crippen LogP contribution < -0.4 is 18.9 Å². The first kappa shape index (κ1) is 21.2. The fourth-order valence-electron chi connectivity index (χ4n) is 3.32. The molecule has 0 fully saturated rings. The molecule has 0 aliphatic carbocycles. The van der Waals surface area contributed by atoms with Crippen molar-refractivity contribution in [3.63, 3.8) is 0 Å². The average molecular weight is 430 g/mol. The highest BCUT2D eigenvalue weighted by atomic mass is 16.5. The summed E-state index contributed by atoms with van der Waals surface area (Å²) in [5.41, 5.74) is 2.84.